The van der Waals surface area contributed by atoms with Gasteiger partial charge in [-0.2, -0.15) is 13.5 Å². The zero-order valence-electron chi connectivity index (χ0n) is 17.7. The van der Waals surface area contributed by atoms with E-state index in [1.54, 1.807) is 12.1 Å². The molecule has 0 fully saturated rings. The van der Waals surface area contributed by atoms with Crippen LogP contribution >= 0.6 is 11.6 Å². The number of halogens is 2. The number of nitrogens with zero attached hydrogens (tertiary/aromatic N) is 3. The fourth-order valence-electron chi connectivity index (χ4n) is 3.10. The van der Waals surface area contributed by atoms with Gasteiger partial charge < -0.3 is 10.6 Å². The summed E-state index contributed by atoms with van der Waals surface area (Å²) < 4.78 is 41.2. The lowest BCUT2D eigenvalue weighted by Gasteiger charge is -2.07. The molecule has 3 N–H and O–H groups in total. The van der Waals surface area contributed by atoms with Gasteiger partial charge in [0.25, 0.3) is 16.0 Å². The number of carbonyl (C=O) groups excluding carboxylic acids is 1. The number of anilines is 1. The van der Waals surface area contributed by atoms with E-state index in [9.17, 15) is 17.6 Å². The van der Waals surface area contributed by atoms with Gasteiger partial charge in [0, 0.05) is 13.1 Å². The lowest BCUT2D eigenvalue weighted by molar-refractivity contribution is 0.0947. The van der Waals surface area contributed by atoms with Crippen molar-refractivity contribution in [1.82, 2.24) is 25.5 Å². The predicted molar refractivity (Wildman–Crippen MR) is 122 cm³/mol. The van der Waals surface area contributed by atoms with E-state index in [2.05, 4.69) is 35.0 Å². The largest absolute Gasteiger partial charge is 0.363 e. The van der Waals surface area contributed by atoms with Crippen molar-refractivity contribution < 1.29 is 21.8 Å². The number of aromatic amines is 1. The molecule has 2 aromatic carbocycles. The molecule has 2 aromatic heterocycles. The van der Waals surface area contributed by atoms with Crippen LogP contribution in [0.1, 0.15) is 21.6 Å². The van der Waals surface area contributed by atoms with Crippen LogP contribution in [0.25, 0.3) is 11.0 Å². The standard InChI is InChI=1S/C21H18ClFN6O4S/c1-33-34(31,32)14-5-2-12(3-6-14)9-24-20-18-17(28-29-20)19(27-11-26-18)21(30)25-10-13-4-7-16(23)15(22)8-13/h2-8,11H,9-10H2,1H3,(H,25,30)(H2,24,28,29). The third-order valence-electron chi connectivity index (χ3n) is 4.89. The number of aromatic nitrogens is 4. The van der Waals surface area contributed by atoms with Gasteiger partial charge in [0.2, 0.25) is 0 Å². The molecule has 0 aliphatic rings. The second kappa shape index (κ2) is 9.71. The zero-order chi connectivity index (χ0) is 24.3. The molecule has 0 aliphatic heterocycles. The van der Waals surface area contributed by atoms with Gasteiger partial charge in [-0.05, 0) is 35.4 Å². The molecule has 1 amide bonds. The molecule has 2 heterocycles. The summed E-state index contributed by atoms with van der Waals surface area (Å²) in [6, 6.07) is 10.3. The monoisotopic (exact) mass is 504 g/mol. The van der Waals surface area contributed by atoms with Crippen LogP contribution < -0.4 is 10.6 Å². The first-order valence-corrected chi connectivity index (χ1v) is 11.6. The second-order valence-electron chi connectivity index (χ2n) is 7.07. The summed E-state index contributed by atoms with van der Waals surface area (Å²) in [6.45, 7) is 0.447. The predicted octanol–water partition coefficient (Wildman–Crippen LogP) is 3.02. The normalized spacial score (nSPS) is 11.5. The molecule has 0 bridgehead atoms. The number of hydrogen-bond acceptors (Lipinski definition) is 8. The molecule has 34 heavy (non-hydrogen) atoms. The van der Waals surface area contributed by atoms with Crippen molar-refractivity contribution in [3.63, 3.8) is 0 Å². The minimum Gasteiger partial charge on any atom is -0.363 e. The average molecular weight is 505 g/mol. The molecular weight excluding hydrogens is 487 g/mol. The minimum atomic E-state index is -3.76. The average Bonchev–Trinajstić information content (AvgIpc) is 3.26. The molecule has 0 unspecified atom stereocenters. The number of rotatable bonds is 8. The van der Waals surface area contributed by atoms with Crippen LogP contribution in [0, 0.1) is 5.82 Å². The van der Waals surface area contributed by atoms with Crippen molar-refractivity contribution in [2.45, 2.75) is 18.0 Å². The number of hydrogen-bond donors (Lipinski definition) is 3. The van der Waals surface area contributed by atoms with Crippen molar-refractivity contribution in [2.24, 2.45) is 0 Å². The Hall–Kier alpha value is -3.61. The van der Waals surface area contributed by atoms with Crippen LogP contribution in [0.4, 0.5) is 10.2 Å². The lowest BCUT2D eigenvalue weighted by Crippen LogP contribution is -2.24. The Morgan fingerprint density at radius 2 is 1.85 bits per heavy atom. The number of benzene rings is 2. The molecule has 13 heteroatoms. The van der Waals surface area contributed by atoms with Gasteiger partial charge in [0.15, 0.2) is 11.5 Å². The maximum atomic E-state index is 13.3. The van der Waals surface area contributed by atoms with E-state index in [1.165, 1.54) is 36.7 Å². The van der Waals surface area contributed by atoms with Crippen LogP contribution in [0.3, 0.4) is 0 Å². The summed E-state index contributed by atoms with van der Waals surface area (Å²) in [7, 11) is -2.66. The topological polar surface area (TPSA) is 139 Å². The van der Waals surface area contributed by atoms with Crippen molar-refractivity contribution in [3.8, 4) is 0 Å². The van der Waals surface area contributed by atoms with E-state index in [0.29, 0.717) is 29.0 Å². The molecule has 0 saturated heterocycles. The van der Waals surface area contributed by atoms with E-state index in [-0.39, 0.29) is 22.2 Å². The molecular formula is C21H18ClFN6O4S. The molecule has 0 radical (unpaired) electrons. The Morgan fingerprint density at radius 3 is 2.56 bits per heavy atom. The maximum absolute atomic E-state index is 13.3. The summed E-state index contributed by atoms with van der Waals surface area (Å²) in [4.78, 5) is 21.0. The highest BCUT2D eigenvalue weighted by Crippen LogP contribution is 2.21. The molecule has 0 spiro atoms. The Labute approximate surface area is 198 Å². The Morgan fingerprint density at radius 1 is 1.12 bits per heavy atom. The van der Waals surface area contributed by atoms with Gasteiger partial charge in [-0.3, -0.25) is 14.1 Å². The molecule has 176 valence electrons. The smallest absolute Gasteiger partial charge is 0.296 e. The van der Waals surface area contributed by atoms with Crippen LogP contribution in [-0.2, 0) is 27.4 Å². The van der Waals surface area contributed by atoms with Gasteiger partial charge in [-0.1, -0.05) is 29.8 Å². The SMILES string of the molecule is COS(=O)(=O)c1ccc(CNc2n[nH]c3c(C(=O)NCc4ccc(F)c(Cl)c4)ncnc23)cc1. The number of carbonyl (C=O) groups is 1. The number of fused-ring (bicyclic) bond motifs is 1. The van der Waals surface area contributed by atoms with E-state index < -0.39 is 21.8 Å². The van der Waals surface area contributed by atoms with Gasteiger partial charge in [-0.15, -0.1) is 0 Å². The Kier molecular flexibility index (Phi) is 6.72. The van der Waals surface area contributed by atoms with Crippen molar-refractivity contribution in [3.05, 3.63) is 76.5 Å². The third-order valence-corrected chi connectivity index (χ3v) is 6.47. The molecule has 10 nitrogen and oxygen atoms in total. The fourth-order valence-corrected chi connectivity index (χ4v) is 3.97. The Bertz CT molecular complexity index is 1460. The van der Waals surface area contributed by atoms with E-state index in [1.807, 2.05) is 0 Å². The fraction of sp³-hybridized carbons (Fsp3) is 0.143. The molecule has 0 aliphatic carbocycles. The van der Waals surface area contributed by atoms with Gasteiger partial charge in [0.1, 0.15) is 23.2 Å². The lowest BCUT2D eigenvalue weighted by atomic mass is 10.2. The molecule has 4 aromatic rings. The maximum Gasteiger partial charge on any atom is 0.296 e. The number of nitrogens with one attached hydrogen (secondary N) is 3. The van der Waals surface area contributed by atoms with Gasteiger partial charge >= 0.3 is 0 Å². The minimum absolute atomic E-state index is 0.0320. The summed E-state index contributed by atoms with van der Waals surface area (Å²) in [5.41, 5.74) is 2.25. The van der Waals surface area contributed by atoms with Crippen LogP contribution in [0.2, 0.25) is 5.02 Å². The summed E-state index contributed by atoms with van der Waals surface area (Å²) in [5.74, 6) is -0.619. The van der Waals surface area contributed by atoms with Crippen LogP contribution in [0.5, 0.6) is 0 Å². The highest BCUT2D eigenvalue weighted by molar-refractivity contribution is 7.86. The van der Waals surface area contributed by atoms with Crippen molar-refractivity contribution in [2.75, 3.05) is 12.4 Å². The molecule has 0 saturated carbocycles. The quantitative estimate of drug-likeness (QED) is 0.311. The first kappa shape index (κ1) is 23.5. The van der Waals surface area contributed by atoms with Gasteiger partial charge in [0.05, 0.1) is 17.0 Å². The van der Waals surface area contributed by atoms with Crippen molar-refractivity contribution >= 4 is 44.5 Å². The van der Waals surface area contributed by atoms with Crippen molar-refractivity contribution in [1.29, 1.82) is 0 Å². The highest BCUT2D eigenvalue weighted by atomic mass is 35.5. The van der Waals surface area contributed by atoms with Crippen LogP contribution in [-0.4, -0.2) is 41.6 Å². The van der Waals surface area contributed by atoms with E-state index in [0.717, 1.165) is 12.7 Å². The summed E-state index contributed by atoms with van der Waals surface area (Å²) >= 11 is 5.77. The first-order chi connectivity index (χ1) is 16.3. The zero-order valence-corrected chi connectivity index (χ0v) is 19.2. The molecule has 0 atom stereocenters. The highest BCUT2D eigenvalue weighted by Gasteiger charge is 2.18. The third kappa shape index (κ3) is 4.98. The molecule has 4 rings (SSSR count). The number of amides is 1. The van der Waals surface area contributed by atoms with E-state index in [4.69, 9.17) is 11.6 Å². The second-order valence-corrected chi connectivity index (χ2v) is 9.19. The summed E-state index contributed by atoms with van der Waals surface area (Å²) in [6.07, 6.45) is 1.25. The Balaban J connectivity index is 1.46. The van der Waals surface area contributed by atoms with E-state index >= 15 is 0 Å². The number of H-pyrrole nitrogens is 1. The first-order valence-electron chi connectivity index (χ1n) is 9.83. The van der Waals surface area contributed by atoms with Crippen LogP contribution in [0.15, 0.2) is 53.7 Å². The van der Waals surface area contributed by atoms with Gasteiger partial charge in [-0.25, -0.2) is 14.4 Å². The summed E-state index contributed by atoms with van der Waals surface area (Å²) in [5, 5.41) is 12.7.